The van der Waals surface area contributed by atoms with E-state index in [0.29, 0.717) is 5.52 Å². The summed E-state index contributed by atoms with van der Waals surface area (Å²) >= 11 is 0. The van der Waals surface area contributed by atoms with Crippen LogP contribution >= 0.6 is 0 Å². The van der Waals surface area contributed by atoms with Gasteiger partial charge in [-0.1, -0.05) is 12.1 Å². The molecular weight excluding hydrogens is 270 g/mol. The van der Waals surface area contributed by atoms with Crippen LogP contribution in [0.3, 0.4) is 0 Å². The van der Waals surface area contributed by atoms with Crippen molar-refractivity contribution >= 4 is 23.5 Å². The summed E-state index contributed by atoms with van der Waals surface area (Å²) in [5.41, 5.74) is 1.61. The average molecular weight is 288 g/mol. The van der Waals surface area contributed by atoms with E-state index < -0.39 is 13.2 Å². The first kappa shape index (κ1) is 14.4. The van der Waals surface area contributed by atoms with E-state index in [2.05, 4.69) is 9.97 Å². The molecule has 0 amide bonds. The Morgan fingerprint density at radius 3 is 2.33 bits per heavy atom. The zero-order chi connectivity index (χ0) is 15.4. The van der Waals surface area contributed by atoms with Crippen molar-refractivity contribution in [1.29, 1.82) is 0 Å². The maximum atomic E-state index is 13.1. The summed E-state index contributed by atoms with van der Waals surface area (Å²) in [6.07, 6.45) is 0.772. The first-order valence-corrected chi connectivity index (χ1v) is 6.98. The van der Waals surface area contributed by atoms with E-state index in [1.165, 1.54) is 6.20 Å². The number of rotatable bonds is 1. The Labute approximate surface area is 123 Å². The van der Waals surface area contributed by atoms with Gasteiger partial charge in [-0.05, 0) is 45.6 Å². The van der Waals surface area contributed by atoms with Gasteiger partial charge in [0.2, 0.25) is 0 Å². The molecule has 1 aromatic heterocycles. The summed E-state index contributed by atoms with van der Waals surface area (Å²) in [5, 5.41) is 0.779. The highest BCUT2D eigenvalue weighted by Crippen LogP contribution is 2.36. The fourth-order valence-corrected chi connectivity index (χ4v) is 2.45. The molecule has 1 saturated heterocycles. The van der Waals surface area contributed by atoms with Crippen molar-refractivity contribution in [3.63, 3.8) is 0 Å². The largest absolute Gasteiger partial charge is 0.494 e. The van der Waals surface area contributed by atoms with Crippen LogP contribution in [0.4, 0.5) is 4.39 Å². The Morgan fingerprint density at radius 2 is 1.71 bits per heavy atom. The van der Waals surface area contributed by atoms with E-state index in [-0.39, 0.29) is 11.2 Å². The highest BCUT2D eigenvalue weighted by molar-refractivity contribution is 6.62. The number of aromatic nitrogens is 2. The molecule has 3 rings (SSSR count). The quantitative estimate of drug-likeness (QED) is 0.597. The molecule has 4 nitrogen and oxygen atoms in total. The zero-order valence-electron chi connectivity index (χ0n) is 12.9. The number of hydrogen-bond acceptors (Lipinski definition) is 4. The molecule has 1 aliphatic heterocycles. The monoisotopic (exact) mass is 288 g/mol. The molecule has 6 heteroatoms. The van der Waals surface area contributed by atoms with E-state index in [1.807, 2.05) is 46.8 Å². The van der Waals surface area contributed by atoms with Gasteiger partial charge < -0.3 is 9.31 Å². The lowest BCUT2D eigenvalue weighted by Gasteiger charge is -2.32. The molecule has 0 saturated carbocycles. The van der Waals surface area contributed by atoms with Crippen LogP contribution in [-0.2, 0) is 9.31 Å². The van der Waals surface area contributed by atoms with Crippen LogP contribution in [0.25, 0.3) is 10.9 Å². The van der Waals surface area contributed by atoms with Crippen LogP contribution in [0.1, 0.15) is 33.3 Å². The van der Waals surface area contributed by atoms with Gasteiger partial charge in [0.25, 0.3) is 0 Å². The molecule has 21 heavy (non-hydrogen) atoms. The van der Waals surface area contributed by atoms with Crippen LogP contribution in [0.5, 0.6) is 0 Å². The van der Waals surface area contributed by atoms with Gasteiger partial charge >= 0.3 is 13.2 Å². The summed E-state index contributed by atoms with van der Waals surface area (Å²) < 4.78 is 25.2. The lowest BCUT2D eigenvalue weighted by Crippen LogP contribution is -2.41. The Morgan fingerprint density at radius 1 is 1.10 bits per heavy atom. The minimum Gasteiger partial charge on any atom is -0.399 e. The normalized spacial score (nSPS) is 20.2. The molecule has 1 aromatic carbocycles. The lowest BCUT2D eigenvalue weighted by atomic mass is 9.78. The highest BCUT2D eigenvalue weighted by atomic mass is 19.1. The maximum absolute atomic E-state index is 13.1. The maximum Gasteiger partial charge on any atom is 0.494 e. The second-order valence-electron chi connectivity index (χ2n) is 6.50. The standard InChI is InChI=1S/C15H18BFN2O2/c1-9-6-11(7-10-8-18-13(17)19-12(9)10)16-20-14(2,3)15(4,5)21-16/h6-8H,1-5H3. The predicted octanol–water partition coefficient (Wildman–Crippen LogP) is 2.38. The molecular formula is C15H18BFN2O2. The molecule has 1 aliphatic rings. The first-order valence-electron chi connectivity index (χ1n) is 6.98. The smallest absolute Gasteiger partial charge is 0.399 e. The minimum absolute atomic E-state index is 0.389. The Hall–Kier alpha value is -1.53. The van der Waals surface area contributed by atoms with Crippen LogP contribution in [0, 0.1) is 13.0 Å². The molecule has 0 aliphatic carbocycles. The zero-order valence-corrected chi connectivity index (χ0v) is 12.9. The Kier molecular flexibility index (Phi) is 3.08. The molecule has 0 atom stereocenters. The van der Waals surface area contributed by atoms with Crippen molar-refractivity contribution in [2.45, 2.75) is 45.8 Å². The van der Waals surface area contributed by atoms with E-state index in [0.717, 1.165) is 16.4 Å². The second kappa shape index (κ2) is 4.48. The minimum atomic E-state index is -0.714. The summed E-state index contributed by atoms with van der Waals surface area (Å²) in [6, 6.07) is 3.82. The summed E-state index contributed by atoms with van der Waals surface area (Å²) in [7, 11) is -0.442. The van der Waals surface area contributed by atoms with Gasteiger partial charge in [-0.2, -0.15) is 4.39 Å². The molecule has 110 valence electrons. The number of fused-ring (bicyclic) bond motifs is 1. The Bertz CT molecular complexity index is 702. The highest BCUT2D eigenvalue weighted by Gasteiger charge is 2.51. The third-order valence-corrected chi connectivity index (χ3v) is 4.39. The molecule has 0 spiro atoms. The van der Waals surface area contributed by atoms with Gasteiger partial charge in [0.05, 0.1) is 16.7 Å². The van der Waals surface area contributed by atoms with Gasteiger partial charge in [0.15, 0.2) is 0 Å². The molecule has 2 heterocycles. The van der Waals surface area contributed by atoms with Crippen LogP contribution in [-0.4, -0.2) is 28.3 Å². The summed E-state index contributed by atoms with van der Waals surface area (Å²) in [4.78, 5) is 7.45. The van der Waals surface area contributed by atoms with Crippen LogP contribution in [0.2, 0.25) is 0 Å². The predicted molar refractivity (Wildman–Crippen MR) is 79.9 cm³/mol. The van der Waals surface area contributed by atoms with Gasteiger partial charge in [-0.15, -0.1) is 0 Å². The van der Waals surface area contributed by atoms with E-state index in [1.54, 1.807) is 0 Å². The number of benzene rings is 1. The topological polar surface area (TPSA) is 44.2 Å². The molecule has 1 fully saturated rings. The summed E-state index contributed by atoms with van der Waals surface area (Å²) in [6.45, 7) is 9.95. The van der Waals surface area contributed by atoms with Gasteiger partial charge in [-0.25, -0.2) is 9.97 Å². The van der Waals surface area contributed by atoms with Crippen molar-refractivity contribution < 1.29 is 13.7 Å². The van der Waals surface area contributed by atoms with Gasteiger partial charge in [0, 0.05) is 11.6 Å². The second-order valence-corrected chi connectivity index (χ2v) is 6.50. The fourth-order valence-electron chi connectivity index (χ4n) is 2.45. The van der Waals surface area contributed by atoms with Crippen molar-refractivity contribution in [3.8, 4) is 0 Å². The molecule has 0 radical (unpaired) electrons. The third kappa shape index (κ3) is 2.32. The SMILES string of the molecule is Cc1cc(B2OC(C)(C)C(C)(C)O2)cc2cnc(F)nc12. The van der Waals surface area contributed by atoms with Gasteiger partial charge in [-0.3, -0.25) is 0 Å². The van der Waals surface area contributed by atoms with Crippen molar-refractivity contribution in [3.05, 3.63) is 30.0 Å². The van der Waals surface area contributed by atoms with Crippen LogP contribution < -0.4 is 5.46 Å². The van der Waals surface area contributed by atoms with Crippen LogP contribution in [0.15, 0.2) is 18.3 Å². The summed E-state index contributed by atoms with van der Waals surface area (Å²) in [5.74, 6) is 0. The molecule has 0 bridgehead atoms. The van der Waals surface area contributed by atoms with Gasteiger partial charge in [0.1, 0.15) is 0 Å². The third-order valence-electron chi connectivity index (χ3n) is 4.39. The van der Waals surface area contributed by atoms with E-state index >= 15 is 0 Å². The van der Waals surface area contributed by atoms with Crippen molar-refractivity contribution in [2.24, 2.45) is 0 Å². The number of nitrogens with zero attached hydrogens (tertiary/aromatic N) is 2. The van der Waals surface area contributed by atoms with E-state index in [9.17, 15) is 4.39 Å². The van der Waals surface area contributed by atoms with E-state index in [4.69, 9.17) is 9.31 Å². The molecule has 2 aromatic rings. The number of aryl methyl sites for hydroxylation is 1. The Balaban J connectivity index is 2.05. The lowest BCUT2D eigenvalue weighted by molar-refractivity contribution is 0.00578. The molecule has 0 N–H and O–H groups in total. The fraction of sp³-hybridized carbons (Fsp3) is 0.467. The molecule has 0 unspecified atom stereocenters. The number of hydrogen-bond donors (Lipinski definition) is 0. The van der Waals surface area contributed by atoms with Crippen molar-refractivity contribution in [1.82, 2.24) is 9.97 Å². The average Bonchev–Trinajstić information content (AvgIpc) is 2.59. The number of halogens is 1. The first-order chi connectivity index (χ1) is 9.69. The van der Waals surface area contributed by atoms with Crippen molar-refractivity contribution in [2.75, 3.05) is 0 Å².